The van der Waals surface area contributed by atoms with Crippen molar-refractivity contribution in [2.24, 2.45) is 0 Å². The molecule has 0 bridgehead atoms. The predicted molar refractivity (Wildman–Crippen MR) is 56.3 cm³/mol. The van der Waals surface area contributed by atoms with Gasteiger partial charge in [0.25, 0.3) is 0 Å². The quantitative estimate of drug-likeness (QED) is 0.514. The second-order valence-corrected chi connectivity index (χ2v) is 4.89. The summed E-state index contributed by atoms with van der Waals surface area (Å²) in [6, 6.07) is -1.25. The van der Waals surface area contributed by atoms with E-state index in [1.807, 2.05) is 0 Å². The van der Waals surface area contributed by atoms with Crippen molar-refractivity contribution in [2.75, 3.05) is 0 Å². The van der Waals surface area contributed by atoms with Crippen LogP contribution in [0.4, 0.5) is 52.7 Å². The minimum Gasteiger partial charge on any atom is -0.221 e. The maximum Gasteiger partial charge on any atom is 0.457 e. The molecule has 0 nitrogen and oxygen atoms in total. The van der Waals surface area contributed by atoms with Crippen LogP contribution in [0, 0.1) is 0 Å². The first-order valence-corrected chi connectivity index (χ1v) is 5.82. The molecule has 0 aliphatic heterocycles. The molecule has 1 unspecified atom stereocenters. The van der Waals surface area contributed by atoms with Crippen molar-refractivity contribution in [3.63, 3.8) is 0 Å². The summed E-state index contributed by atoms with van der Waals surface area (Å²) in [4.78, 5) is 0. The van der Waals surface area contributed by atoms with Crippen LogP contribution < -0.4 is 0 Å². The molecule has 0 aliphatic rings. The lowest BCUT2D eigenvalue weighted by molar-refractivity contribution is -0.389. The Morgan fingerprint density at radius 2 is 1.00 bits per heavy atom. The zero-order chi connectivity index (χ0) is 19.4. The van der Waals surface area contributed by atoms with Gasteiger partial charge in [-0.1, -0.05) is 11.6 Å². The van der Waals surface area contributed by atoms with Crippen LogP contribution in [0.1, 0.15) is 11.1 Å². The Kier molecular flexibility index (Phi) is 4.83. The van der Waals surface area contributed by atoms with Gasteiger partial charge in [-0.25, -0.2) is 4.39 Å². The van der Waals surface area contributed by atoms with Crippen molar-refractivity contribution in [1.82, 2.24) is 0 Å². The highest BCUT2D eigenvalue weighted by Crippen LogP contribution is 2.58. The van der Waals surface area contributed by atoms with Crippen LogP contribution in [-0.4, -0.2) is 18.3 Å². The van der Waals surface area contributed by atoms with Crippen molar-refractivity contribution in [2.45, 2.75) is 30.1 Å². The Hall–Kier alpha value is -1.33. The summed E-state index contributed by atoms with van der Waals surface area (Å²) in [5.74, 6) is -7.08. The molecule has 0 amide bonds. The van der Waals surface area contributed by atoms with Gasteiger partial charge in [0.05, 0.1) is 5.56 Å². The molecular weight excluding hydrogens is 396 g/mol. The minimum atomic E-state index is -7.08. The van der Waals surface area contributed by atoms with Gasteiger partial charge in [0, 0.05) is 10.6 Å². The van der Waals surface area contributed by atoms with Crippen LogP contribution in [0.25, 0.3) is 0 Å². The molecule has 0 heterocycles. The highest BCUT2D eigenvalue weighted by atomic mass is 35.5. The van der Waals surface area contributed by atoms with Gasteiger partial charge in [-0.2, -0.15) is 48.3 Å². The van der Waals surface area contributed by atoms with Gasteiger partial charge >= 0.3 is 30.1 Å². The van der Waals surface area contributed by atoms with Gasteiger partial charge in [0.2, 0.25) is 0 Å². The molecule has 0 saturated carbocycles. The number of hydrogen-bond acceptors (Lipinski definition) is 0. The van der Waals surface area contributed by atoms with Crippen molar-refractivity contribution >= 4 is 11.6 Å². The van der Waals surface area contributed by atoms with Gasteiger partial charge in [0.1, 0.15) is 0 Å². The van der Waals surface area contributed by atoms with E-state index in [2.05, 4.69) is 0 Å². The standard InChI is InChI=1S/C11H3ClF12/c12-6-2-4(1-5(3-6)8(14,15)16)7(13,10(19,20)21)9(17,18)11(22,23)24/h1-3H. The molecule has 1 rings (SSSR count). The Morgan fingerprint density at radius 3 is 1.33 bits per heavy atom. The number of rotatable bonds is 2. The second-order valence-electron chi connectivity index (χ2n) is 4.45. The largest absolute Gasteiger partial charge is 0.457 e. The van der Waals surface area contributed by atoms with Gasteiger partial charge in [0.15, 0.2) is 0 Å². The normalized spacial score (nSPS) is 16.9. The third-order valence-electron chi connectivity index (χ3n) is 2.80. The summed E-state index contributed by atoms with van der Waals surface area (Å²) >= 11 is 5.02. The molecule has 1 aromatic rings. The van der Waals surface area contributed by atoms with Crippen molar-refractivity contribution in [3.05, 3.63) is 34.3 Å². The predicted octanol–water partition coefficient (Wildman–Crippen LogP) is 6.28. The maximum absolute atomic E-state index is 14.0. The molecule has 0 N–H and O–H groups in total. The molecule has 0 aromatic heterocycles. The molecule has 13 heteroatoms. The summed E-state index contributed by atoms with van der Waals surface area (Å²) in [7, 11) is 0. The van der Waals surface area contributed by atoms with Crippen molar-refractivity contribution < 1.29 is 52.7 Å². The average Bonchev–Trinajstić information content (AvgIpc) is 2.32. The molecule has 0 saturated heterocycles. The molecule has 1 atom stereocenters. The highest BCUT2D eigenvalue weighted by molar-refractivity contribution is 6.30. The van der Waals surface area contributed by atoms with E-state index in [1.54, 1.807) is 0 Å². The van der Waals surface area contributed by atoms with Crippen LogP contribution in [0.15, 0.2) is 18.2 Å². The molecule has 24 heavy (non-hydrogen) atoms. The maximum atomic E-state index is 14.0. The van der Waals surface area contributed by atoms with Gasteiger partial charge in [-0.05, 0) is 18.2 Å². The smallest absolute Gasteiger partial charge is 0.221 e. The summed E-state index contributed by atoms with van der Waals surface area (Å²) in [5, 5.41) is -1.32. The van der Waals surface area contributed by atoms with Crippen molar-refractivity contribution in [1.29, 1.82) is 0 Å². The lowest BCUT2D eigenvalue weighted by atomic mass is 9.86. The van der Waals surface area contributed by atoms with E-state index < -0.39 is 52.3 Å². The minimum absolute atomic E-state index is 0.0619. The number of halogens is 13. The Bertz CT molecular complexity index is 611. The van der Waals surface area contributed by atoms with Crippen LogP contribution in [-0.2, 0) is 11.8 Å². The van der Waals surface area contributed by atoms with Crippen LogP contribution in [0.3, 0.4) is 0 Å². The fourth-order valence-corrected chi connectivity index (χ4v) is 1.91. The lowest BCUT2D eigenvalue weighted by Crippen LogP contribution is -2.59. The van der Waals surface area contributed by atoms with Crippen molar-refractivity contribution in [3.8, 4) is 0 Å². The second kappa shape index (κ2) is 5.60. The van der Waals surface area contributed by atoms with Gasteiger partial charge in [-0.3, -0.25) is 0 Å². The van der Waals surface area contributed by atoms with Crippen LogP contribution in [0.2, 0.25) is 5.02 Å². The first kappa shape index (κ1) is 20.7. The fourth-order valence-electron chi connectivity index (χ4n) is 1.67. The number of alkyl halides is 12. The third-order valence-corrected chi connectivity index (χ3v) is 3.02. The lowest BCUT2D eigenvalue weighted by Gasteiger charge is -2.36. The SMILES string of the molecule is FC(F)(F)c1cc(Cl)cc(C(F)(C(F)(F)F)C(F)(F)C(F)(F)F)c1. The summed E-state index contributed by atoms with van der Waals surface area (Å²) in [5.41, 5.74) is -11.2. The Labute approximate surface area is 130 Å². The van der Waals surface area contributed by atoms with Gasteiger partial charge < -0.3 is 0 Å². The molecule has 0 aliphatic carbocycles. The number of benzene rings is 1. The molecular formula is C11H3ClF12. The average molecular weight is 399 g/mol. The zero-order valence-corrected chi connectivity index (χ0v) is 11.4. The molecule has 138 valence electrons. The number of hydrogen-bond donors (Lipinski definition) is 0. The monoisotopic (exact) mass is 398 g/mol. The summed E-state index contributed by atoms with van der Waals surface area (Å²) < 4.78 is 153. The van der Waals surface area contributed by atoms with E-state index in [0.717, 1.165) is 0 Å². The Balaban J connectivity index is 3.82. The molecule has 1 aromatic carbocycles. The molecule has 0 fully saturated rings. The first-order valence-electron chi connectivity index (χ1n) is 5.44. The fraction of sp³-hybridized carbons (Fsp3) is 0.455. The van der Waals surface area contributed by atoms with E-state index in [4.69, 9.17) is 11.6 Å². The van der Waals surface area contributed by atoms with E-state index >= 15 is 0 Å². The van der Waals surface area contributed by atoms with E-state index in [-0.39, 0.29) is 12.1 Å². The topological polar surface area (TPSA) is 0 Å². The summed E-state index contributed by atoms with van der Waals surface area (Å²) in [6.07, 6.45) is -19.4. The first-order chi connectivity index (χ1) is 10.4. The zero-order valence-electron chi connectivity index (χ0n) is 10.6. The molecule has 0 spiro atoms. The third kappa shape index (κ3) is 3.24. The van der Waals surface area contributed by atoms with E-state index in [1.165, 1.54) is 0 Å². The van der Waals surface area contributed by atoms with Gasteiger partial charge in [-0.15, -0.1) is 0 Å². The van der Waals surface area contributed by atoms with Crippen LogP contribution >= 0.6 is 11.6 Å². The molecule has 0 radical (unpaired) electrons. The summed E-state index contributed by atoms with van der Waals surface area (Å²) in [6.45, 7) is 0. The van der Waals surface area contributed by atoms with E-state index in [9.17, 15) is 52.7 Å². The Morgan fingerprint density at radius 1 is 0.583 bits per heavy atom. The van der Waals surface area contributed by atoms with Crippen LogP contribution in [0.5, 0.6) is 0 Å². The highest BCUT2D eigenvalue weighted by Gasteiger charge is 2.81. The van der Waals surface area contributed by atoms with E-state index in [0.29, 0.717) is 0 Å².